The van der Waals surface area contributed by atoms with E-state index in [1.165, 1.54) is 12.8 Å². The van der Waals surface area contributed by atoms with Gasteiger partial charge in [-0.25, -0.2) is 8.78 Å². The Morgan fingerprint density at radius 3 is 2.15 bits per heavy atom. The minimum Gasteiger partial charge on any atom is -0.394 e. The lowest BCUT2D eigenvalue weighted by atomic mass is 10.1. The topological polar surface area (TPSA) is 46.3 Å². The number of amides is 1. The van der Waals surface area contributed by atoms with Crippen molar-refractivity contribution >= 4 is 11.6 Å². The Kier molecular flexibility index (Phi) is 4.57. The van der Waals surface area contributed by atoms with E-state index in [9.17, 15) is 13.6 Å². The number of nitrogens with zero attached hydrogens (tertiary/aromatic N) is 1. The second-order valence-corrected chi connectivity index (χ2v) is 5.42. The molecule has 0 heterocycles. The largest absolute Gasteiger partial charge is 0.394 e. The van der Waals surface area contributed by atoms with Crippen molar-refractivity contribution in [3.05, 3.63) is 29.3 Å². The van der Waals surface area contributed by atoms with Crippen LogP contribution in [-0.2, 0) is 0 Å². The molecule has 0 saturated heterocycles. The third-order valence-corrected chi connectivity index (χ3v) is 4.02. The van der Waals surface area contributed by atoms with E-state index in [2.05, 4.69) is 0 Å². The lowest BCUT2D eigenvalue weighted by Gasteiger charge is -2.27. The molecule has 0 unspecified atom stereocenters. The van der Waals surface area contributed by atoms with Crippen molar-refractivity contribution < 1.29 is 13.6 Å². The summed E-state index contributed by atoms with van der Waals surface area (Å²) in [4.78, 5) is 13.9. The number of halogens is 2. The summed E-state index contributed by atoms with van der Waals surface area (Å²) in [6, 6.07) is 2.16. The first-order valence-electron chi connectivity index (χ1n) is 7.02. The Hall–Kier alpha value is -1.65. The molecule has 0 spiro atoms. The van der Waals surface area contributed by atoms with Crippen LogP contribution in [0.2, 0.25) is 0 Å². The standard InChI is InChI=1S/C15H20F2N2O/c1-19(11-6-4-2-3-5-7-11)15(20)10-8-12(16)14(18)13(17)9-10/h8-9,11H,2-7,18H2,1H3. The Morgan fingerprint density at radius 2 is 1.65 bits per heavy atom. The zero-order valence-corrected chi connectivity index (χ0v) is 11.7. The van der Waals surface area contributed by atoms with E-state index in [-0.39, 0.29) is 17.5 Å². The van der Waals surface area contributed by atoms with E-state index in [4.69, 9.17) is 5.73 Å². The fourth-order valence-corrected chi connectivity index (χ4v) is 2.72. The monoisotopic (exact) mass is 282 g/mol. The number of benzene rings is 1. The highest BCUT2D eigenvalue weighted by Crippen LogP contribution is 2.24. The van der Waals surface area contributed by atoms with Crippen molar-refractivity contribution in [3.8, 4) is 0 Å². The highest BCUT2D eigenvalue weighted by molar-refractivity contribution is 5.94. The molecule has 0 radical (unpaired) electrons. The molecule has 3 nitrogen and oxygen atoms in total. The molecule has 1 aliphatic carbocycles. The van der Waals surface area contributed by atoms with Crippen LogP contribution in [0.4, 0.5) is 14.5 Å². The summed E-state index contributed by atoms with van der Waals surface area (Å²) < 4.78 is 26.9. The highest BCUT2D eigenvalue weighted by Gasteiger charge is 2.23. The molecule has 1 fully saturated rings. The molecule has 1 aliphatic rings. The summed E-state index contributed by atoms with van der Waals surface area (Å²) in [5, 5.41) is 0. The number of carbonyl (C=O) groups excluding carboxylic acids is 1. The lowest BCUT2D eigenvalue weighted by molar-refractivity contribution is 0.0716. The zero-order valence-electron chi connectivity index (χ0n) is 11.7. The predicted octanol–water partition coefficient (Wildman–Crippen LogP) is 3.34. The van der Waals surface area contributed by atoms with Gasteiger partial charge in [-0.15, -0.1) is 0 Å². The molecule has 2 rings (SSSR count). The van der Waals surface area contributed by atoms with Crippen molar-refractivity contribution in [1.82, 2.24) is 4.90 Å². The van der Waals surface area contributed by atoms with E-state index in [0.717, 1.165) is 37.8 Å². The Morgan fingerprint density at radius 1 is 1.15 bits per heavy atom. The minimum absolute atomic E-state index is 0.0148. The molecule has 20 heavy (non-hydrogen) atoms. The maximum absolute atomic E-state index is 13.4. The highest BCUT2D eigenvalue weighted by atomic mass is 19.1. The number of hydrogen-bond donors (Lipinski definition) is 1. The van der Waals surface area contributed by atoms with Crippen LogP contribution in [0.15, 0.2) is 12.1 Å². The summed E-state index contributed by atoms with van der Waals surface area (Å²) in [5.74, 6) is -2.13. The molecular weight excluding hydrogens is 262 g/mol. The van der Waals surface area contributed by atoms with Gasteiger partial charge in [0.25, 0.3) is 5.91 Å². The van der Waals surface area contributed by atoms with Crippen LogP contribution < -0.4 is 5.73 Å². The van der Waals surface area contributed by atoms with Gasteiger partial charge in [-0.1, -0.05) is 25.7 Å². The zero-order chi connectivity index (χ0) is 14.7. The smallest absolute Gasteiger partial charge is 0.254 e. The van der Waals surface area contributed by atoms with Gasteiger partial charge in [0.2, 0.25) is 0 Å². The van der Waals surface area contributed by atoms with Gasteiger partial charge >= 0.3 is 0 Å². The van der Waals surface area contributed by atoms with Crippen LogP contribution >= 0.6 is 0 Å². The number of hydrogen-bond acceptors (Lipinski definition) is 2. The molecular formula is C15H20F2N2O. The predicted molar refractivity (Wildman–Crippen MR) is 74.4 cm³/mol. The molecule has 1 amide bonds. The summed E-state index contributed by atoms with van der Waals surface area (Å²) in [6.45, 7) is 0. The van der Waals surface area contributed by atoms with Crippen LogP contribution in [0.25, 0.3) is 0 Å². The van der Waals surface area contributed by atoms with Gasteiger partial charge in [0.05, 0.1) is 0 Å². The molecule has 0 aromatic heterocycles. The van der Waals surface area contributed by atoms with Gasteiger partial charge in [0.15, 0.2) is 0 Å². The van der Waals surface area contributed by atoms with Crippen molar-refractivity contribution in [1.29, 1.82) is 0 Å². The van der Waals surface area contributed by atoms with Gasteiger partial charge < -0.3 is 10.6 Å². The molecule has 1 saturated carbocycles. The Bertz CT molecular complexity index is 474. The van der Waals surface area contributed by atoms with Crippen LogP contribution in [0.5, 0.6) is 0 Å². The van der Waals surface area contributed by atoms with E-state index >= 15 is 0 Å². The second-order valence-electron chi connectivity index (χ2n) is 5.42. The van der Waals surface area contributed by atoms with Crippen LogP contribution in [0.3, 0.4) is 0 Å². The average Bonchev–Trinajstić information content (AvgIpc) is 2.71. The van der Waals surface area contributed by atoms with Gasteiger partial charge in [-0.2, -0.15) is 0 Å². The van der Waals surface area contributed by atoms with E-state index in [1.807, 2.05) is 0 Å². The van der Waals surface area contributed by atoms with E-state index in [1.54, 1.807) is 11.9 Å². The fourth-order valence-electron chi connectivity index (χ4n) is 2.72. The average molecular weight is 282 g/mol. The minimum atomic E-state index is -0.886. The van der Waals surface area contributed by atoms with E-state index in [0.29, 0.717) is 0 Å². The number of nitrogens with two attached hydrogens (primary N) is 1. The summed E-state index contributed by atoms with van der Waals surface area (Å²) in [7, 11) is 1.70. The third kappa shape index (κ3) is 3.08. The summed E-state index contributed by atoms with van der Waals surface area (Å²) >= 11 is 0. The SMILES string of the molecule is CN(C(=O)c1cc(F)c(N)c(F)c1)C1CCCCCC1. The van der Waals surface area contributed by atoms with Crippen LogP contribution in [0, 0.1) is 11.6 Å². The normalized spacial score (nSPS) is 16.8. The fraction of sp³-hybridized carbons (Fsp3) is 0.533. The third-order valence-electron chi connectivity index (χ3n) is 4.02. The first-order valence-corrected chi connectivity index (χ1v) is 7.02. The number of rotatable bonds is 2. The molecule has 1 aromatic carbocycles. The molecule has 2 N–H and O–H groups in total. The molecule has 1 aromatic rings. The van der Waals surface area contributed by atoms with Crippen LogP contribution in [0.1, 0.15) is 48.9 Å². The van der Waals surface area contributed by atoms with Gasteiger partial charge in [0, 0.05) is 18.7 Å². The van der Waals surface area contributed by atoms with Crippen molar-refractivity contribution in [2.45, 2.75) is 44.6 Å². The van der Waals surface area contributed by atoms with Crippen molar-refractivity contribution in [3.63, 3.8) is 0 Å². The van der Waals surface area contributed by atoms with Gasteiger partial charge in [0.1, 0.15) is 17.3 Å². The molecule has 110 valence electrons. The maximum Gasteiger partial charge on any atom is 0.254 e. The lowest BCUT2D eigenvalue weighted by Crippen LogP contribution is -2.36. The summed E-state index contributed by atoms with van der Waals surface area (Å²) in [6.07, 6.45) is 6.44. The van der Waals surface area contributed by atoms with E-state index < -0.39 is 17.3 Å². The second kappa shape index (κ2) is 6.20. The summed E-state index contributed by atoms with van der Waals surface area (Å²) in [5.41, 5.74) is 4.69. The van der Waals surface area contributed by atoms with Gasteiger partial charge in [-0.3, -0.25) is 4.79 Å². The quantitative estimate of drug-likeness (QED) is 0.668. The molecule has 0 atom stereocenters. The Balaban J connectivity index is 2.17. The molecule has 5 heteroatoms. The number of nitrogen functional groups attached to an aromatic ring is 1. The van der Waals surface area contributed by atoms with Gasteiger partial charge in [-0.05, 0) is 25.0 Å². The Labute approximate surface area is 117 Å². The number of anilines is 1. The van der Waals surface area contributed by atoms with Crippen molar-refractivity contribution in [2.75, 3.05) is 12.8 Å². The first-order chi connectivity index (χ1) is 9.50. The van der Waals surface area contributed by atoms with Crippen LogP contribution in [-0.4, -0.2) is 23.9 Å². The first kappa shape index (κ1) is 14.8. The molecule has 0 aliphatic heterocycles. The molecule has 0 bridgehead atoms. The van der Waals surface area contributed by atoms with Crippen molar-refractivity contribution in [2.24, 2.45) is 0 Å². The number of carbonyl (C=O) groups is 1. The maximum atomic E-state index is 13.4.